The molecule has 6 heteroatoms. The highest BCUT2D eigenvalue weighted by Gasteiger charge is 2.16. The molecule has 0 aliphatic heterocycles. The van der Waals surface area contributed by atoms with Crippen molar-refractivity contribution in [2.24, 2.45) is 0 Å². The van der Waals surface area contributed by atoms with Crippen molar-refractivity contribution in [2.75, 3.05) is 19.5 Å². The second kappa shape index (κ2) is 5.92. The molecule has 2 rings (SSSR count). The Morgan fingerprint density at radius 2 is 1.75 bits per heavy atom. The first-order chi connectivity index (χ1) is 9.63. The standard InChI is InChI=1S/C14H14N2O4/c1-15-10-3-5-11(6-4-10)20-14-9-12(19-2)7-8-13(14)16(17)18/h3-9,15H,1-2H3. The van der Waals surface area contributed by atoms with Crippen LogP contribution in [0.5, 0.6) is 17.2 Å². The molecule has 0 fully saturated rings. The minimum Gasteiger partial charge on any atom is -0.497 e. The van der Waals surface area contributed by atoms with Crippen LogP contribution in [0.2, 0.25) is 0 Å². The average Bonchev–Trinajstić information content (AvgIpc) is 2.47. The van der Waals surface area contributed by atoms with Crippen molar-refractivity contribution >= 4 is 11.4 Å². The van der Waals surface area contributed by atoms with Crippen LogP contribution in [-0.4, -0.2) is 19.1 Å². The van der Waals surface area contributed by atoms with Gasteiger partial charge < -0.3 is 14.8 Å². The van der Waals surface area contributed by atoms with Crippen molar-refractivity contribution in [2.45, 2.75) is 0 Å². The van der Waals surface area contributed by atoms with E-state index in [1.54, 1.807) is 12.1 Å². The fourth-order valence-electron chi connectivity index (χ4n) is 1.67. The molecule has 0 spiro atoms. The summed E-state index contributed by atoms with van der Waals surface area (Å²) in [6.45, 7) is 0. The summed E-state index contributed by atoms with van der Waals surface area (Å²) in [6, 6.07) is 11.5. The first kappa shape index (κ1) is 13.7. The van der Waals surface area contributed by atoms with Gasteiger partial charge in [0.05, 0.1) is 12.0 Å². The topological polar surface area (TPSA) is 73.6 Å². The molecule has 0 bridgehead atoms. The van der Waals surface area contributed by atoms with Crippen LogP contribution in [-0.2, 0) is 0 Å². The number of nitrogens with zero attached hydrogens (tertiary/aromatic N) is 1. The highest BCUT2D eigenvalue weighted by Crippen LogP contribution is 2.34. The molecule has 0 heterocycles. The van der Waals surface area contributed by atoms with E-state index in [2.05, 4.69) is 5.32 Å². The molecule has 2 aromatic rings. The van der Waals surface area contributed by atoms with Crippen molar-refractivity contribution in [3.8, 4) is 17.2 Å². The van der Waals surface area contributed by atoms with Gasteiger partial charge in [-0.1, -0.05) is 0 Å². The van der Waals surface area contributed by atoms with E-state index >= 15 is 0 Å². The monoisotopic (exact) mass is 274 g/mol. The maximum absolute atomic E-state index is 11.0. The Morgan fingerprint density at radius 1 is 1.10 bits per heavy atom. The highest BCUT2D eigenvalue weighted by atomic mass is 16.6. The Bertz CT molecular complexity index is 611. The molecule has 0 saturated carbocycles. The van der Waals surface area contributed by atoms with Crippen LogP contribution < -0.4 is 14.8 Å². The van der Waals surface area contributed by atoms with Gasteiger partial charge in [-0.15, -0.1) is 0 Å². The molecule has 2 aromatic carbocycles. The molecule has 6 nitrogen and oxygen atoms in total. The minimum absolute atomic E-state index is 0.108. The Hall–Kier alpha value is -2.76. The van der Waals surface area contributed by atoms with Crippen molar-refractivity contribution in [3.05, 3.63) is 52.6 Å². The van der Waals surface area contributed by atoms with Crippen LogP contribution in [0, 0.1) is 10.1 Å². The molecule has 20 heavy (non-hydrogen) atoms. The Balaban J connectivity index is 2.32. The first-order valence-electron chi connectivity index (χ1n) is 5.92. The van der Waals surface area contributed by atoms with Crippen molar-refractivity contribution in [1.29, 1.82) is 0 Å². The molecule has 104 valence electrons. The number of ether oxygens (including phenoxy) is 2. The van der Waals surface area contributed by atoms with Gasteiger partial charge in [0, 0.05) is 24.9 Å². The van der Waals surface area contributed by atoms with Crippen LogP contribution >= 0.6 is 0 Å². The van der Waals surface area contributed by atoms with Crippen molar-refractivity contribution < 1.29 is 14.4 Å². The Morgan fingerprint density at radius 3 is 2.30 bits per heavy atom. The Labute approximate surface area is 116 Å². The van der Waals surface area contributed by atoms with Gasteiger partial charge in [0.25, 0.3) is 0 Å². The lowest BCUT2D eigenvalue weighted by Crippen LogP contribution is -1.95. The summed E-state index contributed by atoms with van der Waals surface area (Å²) in [5.41, 5.74) is 0.820. The summed E-state index contributed by atoms with van der Waals surface area (Å²) in [5.74, 6) is 1.16. The van der Waals surface area contributed by atoms with Crippen LogP contribution in [0.1, 0.15) is 0 Å². The third kappa shape index (κ3) is 2.97. The van der Waals surface area contributed by atoms with Gasteiger partial charge in [-0.3, -0.25) is 10.1 Å². The molecular weight excluding hydrogens is 260 g/mol. The molecule has 0 atom stereocenters. The van der Waals surface area contributed by atoms with Gasteiger partial charge in [-0.05, 0) is 30.3 Å². The molecule has 1 N–H and O–H groups in total. The van der Waals surface area contributed by atoms with Crippen LogP contribution in [0.25, 0.3) is 0 Å². The van der Waals surface area contributed by atoms with E-state index in [0.717, 1.165) is 5.69 Å². The van der Waals surface area contributed by atoms with E-state index in [4.69, 9.17) is 9.47 Å². The zero-order valence-corrected chi connectivity index (χ0v) is 11.1. The number of nitro groups is 1. The summed E-state index contributed by atoms with van der Waals surface area (Å²) >= 11 is 0. The first-order valence-corrected chi connectivity index (χ1v) is 5.92. The van der Waals surface area contributed by atoms with Crippen LogP contribution in [0.3, 0.4) is 0 Å². The number of nitro benzene ring substituents is 1. The fourth-order valence-corrected chi connectivity index (χ4v) is 1.67. The fraction of sp³-hybridized carbons (Fsp3) is 0.143. The highest BCUT2D eigenvalue weighted by molar-refractivity contribution is 5.53. The summed E-state index contributed by atoms with van der Waals surface area (Å²) in [4.78, 5) is 10.5. The lowest BCUT2D eigenvalue weighted by molar-refractivity contribution is -0.385. The lowest BCUT2D eigenvalue weighted by atomic mass is 10.2. The third-order valence-corrected chi connectivity index (χ3v) is 2.73. The summed E-state index contributed by atoms with van der Waals surface area (Å²) in [6.07, 6.45) is 0. The molecular formula is C14H14N2O4. The molecule has 0 aromatic heterocycles. The maximum Gasteiger partial charge on any atom is 0.311 e. The zero-order valence-electron chi connectivity index (χ0n) is 11.1. The van der Waals surface area contributed by atoms with E-state index in [1.165, 1.54) is 25.3 Å². The van der Waals surface area contributed by atoms with Gasteiger partial charge in [0.2, 0.25) is 5.75 Å². The average molecular weight is 274 g/mol. The number of hydrogen-bond acceptors (Lipinski definition) is 5. The summed E-state index contributed by atoms with van der Waals surface area (Å²) in [7, 11) is 3.30. The minimum atomic E-state index is -0.489. The molecule has 0 unspecified atom stereocenters. The second-order valence-corrected chi connectivity index (χ2v) is 3.97. The molecule has 0 aliphatic carbocycles. The van der Waals surface area contributed by atoms with E-state index in [-0.39, 0.29) is 11.4 Å². The van der Waals surface area contributed by atoms with Crippen molar-refractivity contribution in [3.63, 3.8) is 0 Å². The zero-order chi connectivity index (χ0) is 14.5. The molecule has 0 aliphatic rings. The third-order valence-electron chi connectivity index (χ3n) is 2.73. The smallest absolute Gasteiger partial charge is 0.311 e. The normalized spacial score (nSPS) is 9.90. The van der Waals surface area contributed by atoms with Crippen molar-refractivity contribution in [1.82, 2.24) is 0 Å². The van der Waals surface area contributed by atoms with Crippen LogP contribution in [0.15, 0.2) is 42.5 Å². The van der Waals surface area contributed by atoms with Gasteiger partial charge in [0.15, 0.2) is 0 Å². The lowest BCUT2D eigenvalue weighted by Gasteiger charge is -2.08. The number of benzene rings is 2. The van der Waals surface area contributed by atoms with Gasteiger partial charge in [-0.25, -0.2) is 0 Å². The number of nitrogens with one attached hydrogen (secondary N) is 1. The van der Waals surface area contributed by atoms with E-state index < -0.39 is 4.92 Å². The second-order valence-electron chi connectivity index (χ2n) is 3.97. The van der Waals surface area contributed by atoms with E-state index in [0.29, 0.717) is 11.5 Å². The molecule has 0 saturated heterocycles. The summed E-state index contributed by atoms with van der Waals surface area (Å²) in [5, 5.41) is 14.0. The van der Waals surface area contributed by atoms with E-state index in [9.17, 15) is 10.1 Å². The van der Waals surface area contributed by atoms with Gasteiger partial charge in [-0.2, -0.15) is 0 Å². The van der Waals surface area contributed by atoms with Gasteiger partial charge in [0.1, 0.15) is 11.5 Å². The Kier molecular flexibility index (Phi) is 4.05. The number of anilines is 1. The number of rotatable bonds is 5. The SMILES string of the molecule is CNc1ccc(Oc2cc(OC)ccc2[N+](=O)[O-])cc1. The largest absolute Gasteiger partial charge is 0.497 e. The van der Waals surface area contributed by atoms with Crippen LogP contribution in [0.4, 0.5) is 11.4 Å². The number of hydrogen-bond donors (Lipinski definition) is 1. The predicted molar refractivity (Wildman–Crippen MR) is 75.7 cm³/mol. The number of methoxy groups -OCH3 is 1. The molecule has 0 amide bonds. The predicted octanol–water partition coefficient (Wildman–Crippen LogP) is 3.44. The quantitative estimate of drug-likeness (QED) is 0.667. The summed E-state index contributed by atoms with van der Waals surface area (Å²) < 4.78 is 10.6. The van der Waals surface area contributed by atoms with E-state index in [1.807, 2.05) is 19.2 Å². The molecule has 0 radical (unpaired) electrons. The van der Waals surface area contributed by atoms with Gasteiger partial charge >= 0.3 is 5.69 Å². The maximum atomic E-state index is 11.0.